The number of ether oxygens (including phenoxy) is 3. The number of nitrogens with zero attached hydrogens (tertiary/aromatic N) is 2. The lowest BCUT2D eigenvalue weighted by molar-refractivity contribution is -1.04. The molecule has 3 atom stereocenters. The molecule has 0 aromatic heterocycles. The Hall–Kier alpha value is -2.98. The minimum absolute atomic E-state index is 0.0575. The summed E-state index contributed by atoms with van der Waals surface area (Å²) in [4.78, 5) is 6.41. The molecular formula is C36H48N2O5P+. The van der Waals surface area contributed by atoms with Gasteiger partial charge in [-0.1, -0.05) is 67.4 Å². The molecule has 44 heavy (non-hydrogen) atoms. The molecule has 8 heteroatoms. The number of hydrogen-bond acceptors (Lipinski definition) is 6. The predicted octanol–water partition coefficient (Wildman–Crippen LogP) is 8.33. The third-order valence-electron chi connectivity index (χ3n) is 8.54. The van der Waals surface area contributed by atoms with Crippen LogP contribution in [0.4, 0.5) is 0 Å². The largest absolute Gasteiger partial charge is 0.497 e. The average Bonchev–Trinajstić information content (AvgIpc) is 3.06. The number of hydrogen-bond donors (Lipinski definition) is 0. The molecule has 0 radical (unpaired) electrons. The fourth-order valence-corrected chi connectivity index (χ4v) is 7.25. The highest BCUT2D eigenvalue weighted by atomic mass is 31.1. The molecule has 1 aliphatic rings. The summed E-state index contributed by atoms with van der Waals surface area (Å²) in [6, 6.07) is 29.3. The van der Waals surface area contributed by atoms with Crippen LogP contribution >= 0.6 is 8.96 Å². The van der Waals surface area contributed by atoms with Crippen molar-refractivity contribution < 1.29 is 28.0 Å². The lowest BCUT2D eigenvalue weighted by atomic mass is 9.79. The summed E-state index contributed by atoms with van der Waals surface area (Å²) in [6.07, 6.45) is 4.00. The van der Waals surface area contributed by atoms with Gasteiger partial charge in [0.05, 0.1) is 38.9 Å². The number of rotatable bonds is 15. The van der Waals surface area contributed by atoms with Gasteiger partial charge >= 0.3 is 0 Å². The van der Waals surface area contributed by atoms with Crippen LogP contribution in [0.2, 0.25) is 0 Å². The third kappa shape index (κ3) is 7.45. The molecule has 7 nitrogen and oxygen atoms in total. The predicted molar refractivity (Wildman–Crippen MR) is 176 cm³/mol. The van der Waals surface area contributed by atoms with Crippen molar-refractivity contribution in [2.24, 2.45) is 0 Å². The lowest BCUT2D eigenvalue weighted by Gasteiger charge is -2.44. The Balaban J connectivity index is 1.77. The number of benzene rings is 3. The summed E-state index contributed by atoms with van der Waals surface area (Å²) in [5.41, 5.74) is 2.15. The fraction of sp³-hybridized carbons (Fsp3) is 0.472. The molecule has 0 saturated heterocycles. The zero-order valence-electron chi connectivity index (χ0n) is 27.0. The van der Waals surface area contributed by atoms with Crippen molar-refractivity contribution in [3.05, 3.63) is 95.6 Å². The highest BCUT2D eigenvalue weighted by Gasteiger charge is 2.45. The zero-order valence-corrected chi connectivity index (χ0v) is 28.0. The minimum Gasteiger partial charge on any atom is -0.497 e. The minimum atomic E-state index is -0.905. The van der Waals surface area contributed by atoms with Gasteiger partial charge in [-0.15, -0.1) is 4.42 Å². The van der Waals surface area contributed by atoms with E-state index < -0.39 is 5.60 Å². The molecule has 1 fully saturated rings. The maximum absolute atomic E-state index is 9.16. The van der Waals surface area contributed by atoms with E-state index in [1.165, 1.54) is 0 Å². The van der Waals surface area contributed by atoms with Crippen molar-refractivity contribution in [3.63, 3.8) is 0 Å². The van der Waals surface area contributed by atoms with E-state index in [9.17, 15) is 0 Å². The van der Waals surface area contributed by atoms with Crippen LogP contribution in [0.3, 0.4) is 0 Å². The van der Waals surface area contributed by atoms with Gasteiger partial charge in [-0.25, -0.2) is 0 Å². The maximum Gasteiger partial charge on any atom is 0.273 e. The monoisotopic (exact) mass is 619 g/mol. The van der Waals surface area contributed by atoms with Gasteiger partial charge in [-0.2, -0.15) is 10.1 Å². The average molecular weight is 620 g/mol. The van der Waals surface area contributed by atoms with E-state index in [0.717, 1.165) is 53.9 Å². The molecule has 236 valence electrons. The van der Waals surface area contributed by atoms with Crippen LogP contribution in [0.1, 0.15) is 76.5 Å². The lowest BCUT2D eigenvalue weighted by Crippen LogP contribution is -2.52. The molecule has 0 heterocycles. The highest BCUT2D eigenvalue weighted by Crippen LogP contribution is 2.47. The Morgan fingerprint density at radius 2 is 1.27 bits per heavy atom. The maximum atomic E-state index is 9.16. The van der Waals surface area contributed by atoms with Gasteiger partial charge in [0.1, 0.15) is 35.8 Å². The standard InChI is InChI=1S/C36H48N2O5P/c1-27(2)38(28(3)4,41-26-12-25-37)44-43-35-16-11-10-15-34(35)42-36(29-13-8-7-9-14-29,30-17-21-32(39-5)22-18-30)31-19-23-33(40-6)24-20-31/h7-9,13-14,17-24,27-28,34-35,44H,10-12,15-16,26H2,1-6H3/q+1/t34-,35-/m1/s1. The zero-order chi connectivity index (χ0) is 31.6. The van der Waals surface area contributed by atoms with Crippen molar-refractivity contribution in [2.45, 2.75) is 89.7 Å². The van der Waals surface area contributed by atoms with E-state index in [0.29, 0.717) is 17.4 Å². The van der Waals surface area contributed by atoms with Crippen molar-refractivity contribution >= 4 is 8.96 Å². The molecule has 1 aliphatic carbocycles. The van der Waals surface area contributed by atoms with Crippen LogP contribution in [-0.2, 0) is 19.7 Å². The summed E-state index contributed by atoms with van der Waals surface area (Å²) in [7, 11) is 3.42. The SMILES string of the molecule is COc1ccc(C(O[C@@H]2CCCC[C@H]2OP[N+](OCCC#N)(C(C)C)C(C)C)(c2ccccc2)c2ccc(OC)cc2)cc1. The molecule has 1 unspecified atom stereocenters. The van der Waals surface area contributed by atoms with Crippen LogP contribution in [0.15, 0.2) is 78.9 Å². The van der Waals surface area contributed by atoms with E-state index in [4.69, 9.17) is 28.8 Å². The van der Waals surface area contributed by atoms with Gasteiger partial charge in [-0.3, -0.25) is 0 Å². The highest BCUT2D eigenvalue weighted by molar-refractivity contribution is 7.25. The van der Waals surface area contributed by atoms with E-state index in [1.807, 2.05) is 30.3 Å². The first kappa shape index (κ1) is 33.9. The van der Waals surface area contributed by atoms with Gasteiger partial charge in [0.25, 0.3) is 8.96 Å². The van der Waals surface area contributed by atoms with Crippen molar-refractivity contribution in [2.75, 3.05) is 20.8 Å². The molecule has 0 aliphatic heterocycles. The normalized spacial score (nSPS) is 17.7. The van der Waals surface area contributed by atoms with Gasteiger partial charge in [0.2, 0.25) is 0 Å². The number of methoxy groups -OCH3 is 2. The second-order valence-electron chi connectivity index (χ2n) is 11.8. The molecule has 0 spiro atoms. The Bertz CT molecular complexity index is 1270. The first-order chi connectivity index (χ1) is 21.3. The number of nitriles is 1. The van der Waals surface area contributed by atoms with Crippen LogP contribution in [0, 0.1) is 11.3 Å². The van der Waals surface area contributed by atoms with Crippen LogP contribution in [0.25, 0.3) is 0 Å². The molecule has 3 aromatic rings. The fourth-order valence-electron chi connectivity index (χ4n) is 6.11. The van der Waals surface area contributed by atoms with Gasteiger partial charge in [0, 0.05) is 0 Å². The number of hydroxylamine groups is 2. The quantitative estimate of drug-likeness (QED) is 0.0738. The first-order valence-electron chi connectivity index (χ1n) is 15.7. The summed E-state index contributed by atoms with van der Waals surface area (Å²) in [6.45, 7) is 9.01. The van der Waals surface area contributed by atoms with Gasteiger partial charge in [-0.05, 0) is 81.5 Å². The van der Waals surface area contributed by atoms with Crippen molar-refractivity contribution in [1.82, 2.24) is 0 Å². The number of quaternary nitrogens is 1. The molecule has 0 N–H and O–H groups in total. The van der Waals surface area contributed by atoms with E-state index >= 15 is 0 Å². The van der Waals surface area contributed by atoms with E-state index in [2.05, 4.69) is 82.3 Å². The second-order valence-corrected chi connectivity index (χ2v) is 12.9. The third-order valence-corrected chi connectivity index (χ3v) is 10.4. The van der Waals surface area contributed by atoms with Crippen molar-refractivity contribution in [1.29, 1.82) is 5.26 Å². The second kappa shape index (κ2) is 15.8. The van der Waals surface area contributed by atoms with Gasteiger partial charge < -0.3 is 18.7 Å². The van der Waals surface area contributed by atoms with Crippen molar-refractivity contribution in [3.8, 4) is 17.6 Å². The topological polar surface area (TPSA) is 69.9 Å². The molecule has 4 rings (SSSR count). The van der Waals surface area contributed by atoms with E-state index in [-0.39, 0.29) is 33.2 Å². The Kier molecular flexibility index (Phi) is 12.2. The Morgan fingerprint density at radius 3 is 1.75 bits per heavy atom. The summed E-state index contributed by atoms with van der Waals surface area (Å²) < 4.78 is 25.7. The smallest absolute Gasteiger partial charge is 0.273 e. The van der Waals surface area contributed by atoms with Crippen LogP contribution in [-0.4, -0.2) is 49.5 Å². The Labute approximate surface area is 265 Å². The van der Waals surface area contributed by atoms with Crippen LogP contribution < -0.4 is 9.47 Å². The molecule has 1 saturated carbocycles. The van der Waals surface area contributed by atoms with Gasteiger partial charge in [0.15, 0.2) is 0 Å². The molecule has 0 amide bonds. The van der Waals surface area contributed by atoms with Crippen LogP contribution in [0.5, 0.6) is 11.5 Å². The summed E-state index contributed by atoms with van der Waals surface area (Å²) in [5, 5.41) is 9.16. The summed E-state index contributed by atoms with van der Waals surface area (Å²) >= 11 is 0. The molecule has 3 aromatic carbocycles. The summed E-state index contributed by atoms with van der Waals surface area (Å²) in [5.74, 6) is 1.58. The Morgan fingerprint density at radius 1 is 0.773 bits per heavy atom. The first-order valence-corrected chi connectivity index (χ1v) is 16.5. The molecule has 0 bridgehead atoms. The molecular weight excluding hydrogens is 571 g/mol. The van der Waals surface area contributed by atoms with E-state index in [1.54, 1.807) is 14.2 Å².